The fourth-order valence-corrected chi connectivity index (χ4v) is 2.74. The van der Waals surface area contributed by atoms with E-state index in [0.717, 1.165) is 32.4 Å². The summed E-state index contributed by atoms with van der Waals surface area (Å²) in [5.41, 5.74) is 0.699. The molecule has 1 heterocycles. The molecule has 1 aliphatic rings. The highest BCUT2D eigenvalue weighted by atomic mass is 19.1. The quantitative estimate of drug-likeness (QED) is 0.905. The fraction of sp³-hybridized carbons (Fsp3) is 0.533. The number of aliphatic hydroxyl groups is 1. The lowest BCUT2D eigenvalue weighted by atomic mass is 9.94. The molecule has 1 aromatic carbocycles. The second-order valence-corrected chi connectivity index (χ2v) is 5.15. The van der Waals surface area contributed by atoms with E-state index in [1.165, 1.54) is 6.07 Å². The monoisotopic (exact) mass is 262 g/mol. The average molecular weight is 262 g/mol. The number of hydrogen-bond donors (Lipinski definition) is 1. The number of rotatable bonds is 4. The highest BCUT2D eigenvalue weighted by molar-refractivity contribution is 5.34. The molecular formula is C15H19FN2O. The summed E-state index contributed by atoms with van der Waals surface area (Å²) in [5.74, 6) is 0.107. The van der Waals surface area contributed by atoms with Gasteiger partial charge in [0.1, 0.15) is 11.9 Å². The minimum absolute atomic E-state index is 0.112. The summed E-state index contributed by atoms with van der Waals surface area (Å²) in [6.45, 7) is 2.62. The van der Waals surface area contributed by atoms with Crippen molar-refractivity contribution in [2.45, 2.75) is 25.8 Å². The summed E-state index contributed by atoms with van der Waals surface area (Å²) in [6.07, 6.45) is 3.04. The summed E-state index contributed by atoms with van der Waals surface area (Å²) in [5, 5.41) is 17.8. The van der Waals surface area contributed by atoms with Crippen molar-refractivity contribution < 1.29 is 9.50 Å². The average Bonchev–Trinajstić information content (AvgIpc) is 2.42. The number of hydrogen-bond acceptors (Lipinski definition) is 3. The van der Waals surface area contributed by atoms with E-state index in [0.29, 0.717) is 18.0 Å². The van der Waals surface area contributed by atoms with Crippen LogP contribution in [0.25, 0.3) is 0 Å². The van der Waals surface area contributed by atoms with Gasteiger partial charge in [0, 0.05) is 25.3 Å². The van der Waals surface area contributed by atoms with Crippen LogP contribution in [0.15, 0.2) is 18.2 Å². The Bertz CT molecular complexity index is 468. The second-order valence-electron chi connectivity index (χ2n) is 5.15. The molecule has 4 heteroatoms. The van der Waals surface area contributed by atoms with E-state index >= 15 is 0 Å². The molecular weight excluding hydrogens is 243 g/mol. The Labute approximate surface area is 113 Å². The Hall–Kier alpha value is -1.44. The van der Waals surface area contributed by atoms with Crippen molar-refractivity contribution in [1.82, 2.24) is 4.90 Å². The SMILES string of the molecule is N#Cc1cccc(CN2CCCC(CCO)C2)c1F. The van der Waals surface area contributed by atoms with Crippen LogP contribution in [0.2, 0.25) is 0 Å². The number of piperidine rings is 1. The van der Waals surface area contributed by atoms with Crippen LogP contribution in [-0.2, 0) is 6.54 Å². The Morgan fingerprint density at radius 1 is 1.47 bits per heavy atom. The van der Waals surface area contributed by atoms with E-state index in [2.05, 4.69) is 4.90 Å². The zero-order valence-electron chi connectivity index (χ0n) is 11.0. The molecule has 0 saturated carbocycles. The second kappa shape index (κ2) is 6.65. The van der Waals surface area contributed by atoms with Crippen LogP contribution in [0.4, 0.5) is 4.39 Å². The first-order valence-corrected chi connectivity index (χ1v) is 6.75. The zero-order valence-corrected chi connectivity index (χ0v) is 11.0. The lowest BCUT2D eigenvalue weighted by Gasteiger charge is -2.32. The highest BCUT2D eigenvalue weighted by Gasteiger charge is 2.20. The first kappa shape index (κ1) is 14.0. The summed E-state index contributed by atoms with van der Waals surface area (Å²) in [7, 11) is 0. The lowest BCUT2D eigenvalue weighted by molar-refractivity contribution is 0.141. The van der Waals surface area contributed by atoms with Crippen LogP contribution < -0.4 is 0 Å². The minimum Gasteiger partial charge on any atom is -0.396 e. The van der Waals surface area contributed by atoms with E-state index in [4.69, 9.17) is 10.4 Å². The predicted molar refractivity (Wildman–Crippen MR) is 70.8 cm³/mol. The number of nitriles is 1. The Balaban J connectivity index is 2.03. The smallest absolute Gasteiger partial charge is 0.145 e. The number of benzene rings is 1. The first-order valence-electron chi connectivity index (χ1n) is 6.75. The Kier molecular flexibility index (Phi) is 4.89. The number of aliphatic hydroxyl groups excluding tert-OH is 1. The molecule has 0 radical (unpaired) electrons. The molecule has 1 aromatic rings. The molecule has 1 saturated heterocycles. The lowest BCUT2D eigenvalue weighted by Crippen LogP contribution is -2.35. The third kappa shape index (κ3) is 3.52. The van der Waals surface area contributed by atoms with Gasteiger partial charge in [-0.1, -0.05) is 12.1 Å². The van der Waals surface area contributed by atoms with Crippen LogP contribution in [0, 0.1) is 23.1 Å². The molecule has 1 atom stereocenters. The Morgan fingerprint density at radius 2 is 2.32 bits per heavy atom. The van der Waals surface area contributed by atoms with Crippen LogP contribution in [-0.4, -0.2) is 29.7 Å². The topological polar surface area (TPSA) is 47.3 Å². The zero-order chi connectivity index (χ0) is 13.7. The third-order valence-corrected chi connectivity index (χ3v) is 3.73. The van der Waals surface area contributed by atoms with Crippen molar-refractivity contribution in [2.75, 3.05) is 19.7 Å². The molecule has 0 aliphatic carbocycles. The molecule has 1 aliphatic heterocycles. The van der Waals surface area contributed by atoms with Crippen molar-refractivity contribution in [3.63, 3.8) is 0 Å². The number of halogens is 1. The van der Waals surface area contributed by atoms with Gasteiger partial charge >= 0.3 is 0 Å². The van der Waals surface area contributed by atoms with Gasteiger partial charge in [0.2, 0.25) is 0 Å². The predicted octanol–water partition coefficient (Wildman–Crippen LogP) is 2.29. The summed E-state index contributed by atoms with van der Waals surface area (Å²) < 4.78 is 14.0. The minimum atomic E-state index is -0.394. The van der Waals surface area contributed by atoms with Gasteiger partial charge in [-0.2, -0.15) is 5.26 Å². The Morgan fingerprint density at radius 3 is 3.05 bits per heavy atom. The standard InChI is InChI=1S/C15H19FN2O/c16-15-13(9-17)4-1-5-14(15)11-18-7-2-3-12(10-18)6-8-19/h1,4-5,12,19H,2-3,6-8,10-11H2. The summed E-state index contributed by atoms with van der Waals surface area (Å²) in [6, 6.07) is 6.85. The normalized spacial score (nSPS) is 20.2. The van der Waals surface area contributed by atoms with Crippen LogP contribution in [0.3, 0.4) is 0 Å². The number of likely N-dealkylation sites (tertiary alicyclic amines) is 1. The van der Waals surface area contributed by atoms with Gasteiger partial charge in [-0.05, 0) is 37.8 Å². The van der Waals surface area contributed by atoms with Crippen LogP contribution in [0.1, 0.15) is 30.4 Å². The summed E-state index contributed by atoms with van der Waals surface area (Å²) in [4.78, 5) is 2.21. The van der Waals surface area contributed by atoms with Crippen molar-refractivity contribution in [1.29, 1.82) is 5.26 Å². The van der Waals surface area contributed by atoms with Crippen molar-refractivity contribution >= 4 is 0 Å². The van der Waals surface area contributed by atoms with E-state index in [9.17, 15) is 4.39 Å². The molecule has 0 amide bonds. The molecule has 1 unspecified atom stereocenters. The van der Waals surface area contributed by atoms with Gasteiger partial charge in [-0.25, -0.2) is 4.39 Å². The molecule has 102 valence electrons. The maximum Gasteiger partial charge on any atom is 0.145 e. The van der Waals surface area contributed by atoms with Crippen molar-refractivity contribution in [3.8, 4) is 6.07 Å². The largest absolute Gasteiger partial charge is 0.396 e. The molecule has 0 spiro atoms. The molecule has 1 N–H and O–H groups in total. The van der Waals surface area contributed by atoms with Crippen molar-refractivity contribution in [3.05, 3.63) is 35.1 Å². The maximum absolute atomic E-state index is 14.0. The van der Waals surface area contributed by atoms with Crippen LogP contribution >= 0.6 is 0 Å². The van der Waals surface area contributed by atoms with E-state index in [1.807, 2.05) is 6.07 Å². The van der Waals surface area contributed by atoms with E-state index in [-0.39, 0.29) is 12.2 Å². The first-order chi connectivity index (χ1) is 9.24. The van der Waals surface area contributed by atoms with Crippen LogP contribution in [0.5, 0.6) is 0 Å². The van der Waals surface area contributed by atoms with Gasteiger partial charge in [0.15, 0.2) is 0 Å². The molecule has 2 rings (SSSR count). The van der Waals surface area contributed by atoms with Gasteiger partial charge in [-0.3, -0.25) is 4.90 Å². The molecule has 0 bridgehead atoms. The van der Waals surface area contributed by atoms with Gasteiger partial charge in [0.05, 0.1) is 5.56 Å². The highest BCUT2D eigenvalue weighted by Crippen LogP contribution is 2.22. The maximum atomic E-state index is 14.0. The van der Waals surface area contributed by atoms with Gasteiger partial charge in [-0.15, -0.1) is 0 Å². The summed E-state index contributed by atoms with van der Waals surface area (Å²) >= 11 is 0. The number of nitrogens with zero attached hydrogens (tertiary/aromatic N) is 2. The van der Waals surface area contributed by atoms with Gasteiger partial charge in [0.25, 0.3) is 0 Å². The van der Waals surface area contributed by atoms with E-state index < -0.39 is 5.82 Å². The fourth-order valence-electron chi connectivity index (χ4n) is 2.74. The van der Waals surface area contributed by atoms with Crippen molar-refractivity contribution in [2.24, 2.45) is 5.92 Å². The van der Waals surface area contributed by atoms with E-state index in [1.54, 1.807) is 12.1 Å². The molecule has 0 aromatic heterocycles. The van der Waals surface area contributed by atoms with Gasteiger partial charge < -0.3 is 5.11 Å². The molecule has 19 heavy (non-hydrogen) atoms. The molecule has 1 fully saturated rings. The third-order valence-electron chi connectivity index (χ3n) is 3.73. The molecule has 3 nitrogen and oxygen atoms in total.